The second-order valence-corrected chi connectivity index (χ2v) is 26.6. The van der Waals surface area contributed by atoms with Gasteiger partial charge in [-0.15, -0.1) is 0 Å². The van der Waals surface area contributed by atoms with Crippen LogP contribution in [0.2, 0.25) is 0 Å². The molecule has 26 heteroatoms. The van der Waals surface area contributed by atoms with Crippen molar-refractivity contribution in [2.45, 2.75) is 223 Å². The molecular formula is C66H119N11O15. The van der Waals surface area contributed by atoms with Crippen LogP contribution in [0.15, 0.2) is 12.2 Å². The van der Waals surface area contributed by atoms with Crippen molar-refractivity contribution in [2.75, 3.05) is 76.2 Å². The number of allylic oxidation sites excluding steroid dienone is 2. The Kier molecular flexibility index (Phi) is 38.1. The first-order chi connectivity index (χ1) is 42.6. The van der Waals surface area contributed by atoms with Gasteiger partial charge in [0, 0.05) is 69.2 Å². The number of nitrogens with zero attached hydrogens (tertiary/aromatic N) is 6. The Morgan fingerprint density at radius 2 is 0.978 bits per heavy atom. The van der Waals surface area contributed by atoms with Gasteiger partial charge in [-0.3, -0.25) is 52.7 Å². The fourth-order valence-electron chi connectivity index (χ4n) is 10.9. The zero-order chi connectivity index (χ0) is 71.5. The summed E-state index contributed by atoms with van der Waals surface area (Å²) < 4.78 is 16.5. The molecule has 5 N–H and O–H groups in total. The lowest BCUT2D eigenvalue weighted by Gasteiger charge is -2.42. The number of amides is 10. The van der Waals surface area contributed by atoms with Crippen LogP contribution in [0.4, 0.5) is 0 Å². The quantitative estimate of drug-likeness (QED) is 0.0434. The molecule has 528 valence electrons. The van der Waals surface area contributed by atoms with Crippen molar-refractivity contribution in [2.24, 2.45) is 41.4 Å². The highest BCUT2D eigenvalue weighted by atomic mass is 16.5. The molecule has 0 spiro atoms. The molecule has 0 aliphatic rings. The van der Waals surface area contributed by atoms with E-state index in [0.717, 1.165) is 4.90 Å². The van der Waals surface area contributed by atoms with E-state index in [1.165, 1.54) is 94.5 Å². The molecule has 0 saturated heterocycles. The van der Waals surface area contributed by atoms with Crippen LogP contribution in [-0.4, -0.2) is 243 Å². The van der Waals surface area contributed by atoms with Crippen LogP contribution in [0.3, 0.4) is 0 Å². The first kappa shape index (κ1) is 85.3. The maximum Gasteiger partial charge on any atom is 0.328 e. The summed E-state index contributed by atoms with van der Waals surface area (Å²) in [5, 5.41) is 13.9. The van der Waals surface area contributed by atoms with Gasteiger partial charge in [-0.1, -0.05) is 102 Å². The average molecular weight is 1310 g/mol. The van der Waals surface area contributed by atoms with Crippen LogP contribution in [0, 0.1) is 41.4 Å². The van der Waals surface area contributed by atoms with Crippen LogP contribution in [0.5, 0.6) is 0 Å². The van der Waals surface area contributed by atoms with E-state index in [2.05, 4.69) is 26.6 Å². The Morgan fingerprint density at radius 1 is 0.500 bits per heavy atom. The SMILES string of the molecule is C/C=C/C[C@@H](C)[C@@H](OC(C)=O)[C@@H](C(=O)N[C@@H](CC)C(=O)OCCN(C)C(C)=O)N(C)C(=O)[C@H](C(C)C)N(C)C(=O)[C@H](CC(C)C)N(C)C(=O)[C@H](CC(C)C)N(C)C(=O)[C@@H](C)NC(=O)[C@H](C)NC(=O)[C@H](CC(C)C)N(C)C(=O)[C@@H](NC(=O)[C@@H](NC)[C@H](C)COC)C(C)C. The number of carbonyl (C=O) groups excluding carboxylic acids is 12. The van der Waals surface area contributed by atoms with Gasteiger partial charge in [-0.2, -0.15) is 0 Å². The lowest BCUT2D eigenvalue weighted by Crippen LogP contribution is -2.63. The van der Waals surface area contributed by atoms with Gasteiger partial charge in [0.1, 0.15) is 67.1 Å². The summed E-state index contributed by atoms with van der Waals surface area (Å²) in [6.07, 6.45) is 3.19. The molecule has 13 atom stereocenters. The molecule has 0 aromatic rings. The zero-order valence-electron chi connectivity index (χ0n) is 60.5. The van der Waals surface area contributed by atoms with E-state index in [0.29, 0.717) is 13.0 Å². The van der Waals surface area contributed by atoms with Crippen LogP contribution < -0.4 is 26.6 Å². The molecule has 0 unspecified atom stereocenters. The Bertz CT molecular complexity index is 2470. The summed E-state index contributed by atoms with van der Waals surface area (Å²) in [5.41, 5.74) is 0. The van der Waals surface area contributed by atoms with E-state index < -0.39 is 143 Å². The van der Waals surface area contributed by atoms with E-state index in [1.54, 1.807) is 68.6 Å². The molecular weight excluding hydrogens is 1190 g/mol. The molecule has 0 aliphatic heterocycles. The Hall–Kier alpha value is -6.70. The number of ether oxygens (including phenoxy) is 3. The van der Waals surface area contributed by atoms with Gasteiger partial charge in [-0.05, 0) is 95.4 Å². The standard InChI is InChI=1S/C66H119N11O15/c1-27-29-30-42(13)56(92-47(18)79)55(60(83)70-48(28-2)66(89)91-32-31-72(20)46(17)78)77(25)65(88)54(41(11)12)76(24)63(86)51(35-39(7)8)75(23)62(85)50(34-38(5)6)74(22)61(84)45(16)69-57(80)44(15)68-58(81)49(33-37(3)4)73(21)64(87)52(40(9)10)71-59(82)53(67-19)43(14)36-90-26/h27,29,37-45,48-56,67H,28,30-36H2,1-26H3,(H,68,81)(H,69,80)(H,70,83)(H,71,82)/b29-27+/t42-,43-,44+,45-,48+,49+,50+,51+,52+,53+,54+,55+,56-/m1/s1. The topological polar surface area (TPSA) is 312 Å². The normalized spacial score (nSPS) is 15.9. The van der Waals surface area contributed by atoms with Gasteiger partial charge < -0.3 is 70.2 Å². The summed E-state index contributed by atoms with van der Waals surface area (Å²) in [5.74, 6) is -9.73. The van der Waals surface area contributed by atoms with Crippen molar-refractivity contribution in [3.63, 3.8) is 0 Å². The summed E-state index contributed by atoms with van der Waals surface area (Å²) >= 11 is 0. The van der Waals surface area contributed by atoms with Gasteiger partial charge >= 0.3 is 11.9 Å². The first-order valence-corrected chi connectivity index (χ1v) is 32.5. The number of hydrogen-bond acceptors (Lipinski definition) is 16. The molecule has 26 nitrogen and oxygen atoms in total. The molecule has 0 aromatic heterocycles. The molecule has 0 bridgehead atoms. The second kappa shape index (κ2) is 41.1. The molecule has 0 aliphatic carbocycles. The molecule has 0 fully saturated rings. The zero-order valence-corrected chi connectivity index (χ0v) is 60.5. The summed E-state index contributed by atoms with van der Waals surface area (Å²) in [4.78, 5) is 176. The summed E-state index contributed by atoms with van der Waals surface area (Å²) in [6, 6.07) is -11.6. The van der Waals surface area contributed by atoms with Gasteiger partial charge in [0.2, 0.25) is 59.1 Å². The van der Waals surface area contributed by atoms with Crippen molar-refractivity contribution in [3.05, 3.63) is 12.2 Å². The third-order valence-corrected chi connectivity index (χ3v) is 16.5. The van der Waals surface area contributed by atoms with Crippen LogP contribution >= 0.6 is 0 Å². The molecule has 0 radical (unpaired) electrons. The average Bonchev–Trinajstić information content (AvgIpc) is 0.811. The van der Waals surface area contributed by atoms with Gasteiger partial charge in [0.25, 0.3) is 0 Å². The Morgan fingerprint density at radius 3 is 1.42 bits per heavy atom. The van der Waals surface area contributed by atoms with Crippen LogP contribution in [0.1, 0.15) is 157 Å². The fraction of sp³-hybridized carbons (Fsp3) is 0.788. The lowest BCUT2D eigenvalue weighted by molar-refractivity contribution is -0.164. The number of carbonyl (C=O) groups is 12. The highest BCUT2D eigenvalue weighted by Gasteiger charge is 2.46. The molecule has 10 amide bonds. The van der Waals surface area contributed by atoms with Crippen molar-refractivity contribution < 1.29 is 71.7 Å². The van der Waals surface area contributed by atoms with Crippen molar-refractivity contribution in [1.29, 1.82) is 0 Å². The van der Waals surface area contributed by atoms with Crippen molar-refractivity contribution >= 4 is 71.0 Å². The molecule has 0 heterocycles. The Balaban J connectivity index is 7.14. The van der Waals surface area contributed by atoms with Gasteiger partial charge in [0.15, 0.2) is 0 Å². The van der Waals surface area contributed by atoms with Crippen LogP contribution in [-0.2, 0) is 71.7 Å². The lowest BCUT2D eigenvalue weighted by atomic mass is 9.91. The van der Waals surface area contributed by atoms with E-state index in [9.17, 15) is 43.2 Å². The van der Waals surface area contributed by atoms with E-state index in [-0.39, 0.29) is 74.3 Å². The number of methoxy groups -OCH3 is 1. The molecule has 92 heavy (non-hydrogen) atoms. The molecule has 0 aromatic carbocycles. The fourth-order valence-corrected chi connectivity index (χ4v) is 10.9. The van der Waals surface area contributed by atoms with Crippen molar-refractivity contribution in [1.82, 2.24) is 56.0 Å². The van der Waals surface area contributed by atoms with Gasteiger partial charge in [-0.25, -0.2) is 4.79 Å². The minimum absolute atomic E-state index is 0.0701. The first-order valence-electron chi connectivity index (χ1n) is 32.5. The van der Waals surface area contributed by atoms with E-state index in [4.69, 9.17) is 14.2 Å². The van der Waals surface area contributed by atoms with E-state index in [1.807, 2.05) is 54.5 Å². The minimum atomic E-state index is -1.55. The third kappa shape index (κ3) is 26.4. The highest BCUT2D eigenvalue weighted by molar-refractivity contribution is 5.98. The van der Waals surface area contributed by atoms with E-state index >= 15 is 14.4 Å². The number of hydrogen-bond donors (Lipinski definition) is 5. The second-order valence-electron chi connectivity index (χ2n) is 26.6. The molecule has 0 saturated carbocycles. The smallest absolute Gasteiger partial charge is 0.328 e. The number of rotatable bonds is 40. The Labute approximate surface area is 549 Å². The largest absolute Gasteiger partial charge is 0.462 e. The van der Waals surface area contributed by atoms with Gasteiger partial charge in [0.05, 0.1) is 19.2 Å². The minimum Gasteiger partial charge on any atom is -0.462 e. The molecule has 0 rings (SSSR count). The third-order valence-electron chi connectivity index (χ3n) is 16.5. The predicted molar refractivity (Wildman–Crippen MR) is 352 cm³/mol. The van der Waals surface area contributed by atoms with Crippen molar-refractivity contribution in [3.8, 4) is 0 Å². The summed E-state index contributed by atoms with van der Waals surface area (Å²) in [7, 11) is 11.9. The maximum absolute atomic E-state index is 15.2. The number of likely N-dealkylation sites (N-methyl/N-ethyl adjacent to an activating group) is 7. The monoisotopic (exact) mass is 1310 g/mol. The maximum atomic E-state index is 15.2. The number of esters is 2. The summed E-state index contributed by atoms with van der Waals surface area (Å²) in [6.45, 7) is 30.9. The number of nitrogens with one attached hydrogen (secondary N) is 5. The highest BCUT2D eigenvalue weighted by Crippen LogP contribution is 2.27. The van der Waals surface area contributed by atoms with Crippen LogP contribution in [0.25, 0.3) is 0 Å². The predicted octanol–water partition coefficient (Wildman–Crippen LogP) is 3.39.